The van der Waals surface area contributed by atoms with Crippen molar-refractivity contribution in [2.45, 2.75) is 30.3 Å². The van der Waals surface area contributed by atoms with E-state index in [1.165, 1.54) is 100 Å². The summed E-state index contributed by atoms with van der Waals surface area (Å²) >= 11 is 0. The second-order valence-corrected chi connectivity index (χ2v) is 22.2. The van der Waals surface area contributed by atoms with Crippen LogP contribution in [0.1, 0.15) is 46.6 Å². The van der Waals surface area contributed by atoms with Gasteiger partial charge in [-0.3, -0.25) is 0 Å². The fourth-order valence-electron chi connectivity index (χ4n) is 14.0. The van der Waals surface area contributed by atoms with E-state index in [0.717, 1.165) is 47.0 Å². The van der Waals surface area contributed by atoms with Crippen molar-refractivity contribution in [3.8, 4) is 61.4 Å². The van der Waals surface area contributed by atoms with Crippen LogP contribution in [-0.4, -0.2) is 6.10 Å². The smallest absolute Gasteiger partial charge is 0.128 e. The molecule has 3 nitrogen and oxygen atoms in total. The van der Waals surface area contributed by atoms with Crippen LogP contribution in [0.2, 0.25) is 0 Å². The molecule has 0 aromatic heterocycles. The maximum Gasteiger partial charge on any atom is 0.128 e. The van der Waals surface area contributed by atoms with E-state index < -0.39 is 5.41 Å². The summed E-state index contributed by atoms with van der Waals surface area (Å²) in [6.07, 6.45) is 13.1. The molecule has 4 aliphatic carbocycles. The summed E-state index contributed by atoms with van der Waals surface area (Å²) in [5, 5.41) is 0. The molecule has 0 N–H and O–H groups in total. The lowest BCUT2D eigenvalue weighted by atomic mass is 9.67. The van der Waals surface area contributed by atoms with E-state index in [4.69, 9.17) is 4.74 Å². The standard InChI is InChI=1S/C79H56N2O/c1-5-17-53(18-6-1)57-29-37-61(38-30-57)80(62-39-31-58(32-40-62)54-19-7-2-8-20-54)65-45-47-74-69(49-65)70-50-66(81(63-41-33-59(34-42-63)55-21-9-3-10-22-55)64-43-35-60(36-44-64)56-23-11-4-12-24-56)46-48-75(70)79(74)73-27-15-13-25-67(73)71-52-78-72(51-76(71)79)68-26-14-16-28-77(68)82-78/h1-45,47,49-52,68,77H,46,48H2. The monoisotopic (exact) mass is 1050 g/mol. The molecule has 0 amide bonds. The van der Waals surface area contributed by atoms with Gasteiger partial charge < -0.3 is 14.5 Å². The molecule has 0 saturated heterocycles. The fraction of sp³-hybridized carbons (Fsp3) is 0.0633. The van der Waals surface area contributed by atoms with E-state index >= 15 is 0 Å². The number of hydrogen-bond donors (Lipinski definition) is 0. The minimum Gasteiger partial charge on any atom is -0.485 e. The van der Waals surface area contributed by atoms with Gasteiger partial charge in [0.25, 0.3) is 0 Å². The molecule has 11 aromatic carbocycles. The third-order valence-electron chi connectivity index (χ3n) is 17.8. The molecule has 82 heavy (non-hydrogen) atoms. The summed E-state index contributed by atoms with van der Waals surface area (Å²) < 4.78 is 6.79. The first-order valence-corrected chi connectivity index (χ1v) is 28.8. The Labute approximate surface area is 480 Å². The Bertz CT molecular complexity index is 4200. The van der Waals surface area contributed by atoms with Gasteiger partial charge in [-0.05, 0) is 187 Å². The van der Waals surface area contributed by atoms with Crippen LogP contribution in [0.15, 0.2) is 315 Å². The summed E-state index contributed by atoms with van der Waals surface area (Å²) in [4.78, 5) is 4.96. The molecular formula is C79H56N2O. The predicted octanol–water partition coefficient (Wildman–Crippen LogP) is 20.4. The average Bonchev–Trinajstić information content (AvgIpc) is 3.12. The minimum atomic E-state index is -0.530. The van der Waals surface area contributed by atoms with Crippen LogP contribution in [0.5, 0.6) is 5.75 Å². The molecule has 1 aliphatic heterocycles. The van der Waals surface area contributed by atoms with Gasteiger partial charge in [0.1, 0.15) is 11.9 Å². The molecule has 0 saturated carbocycles. The van der Waals surface area contributed by atoms with E-state index in [-0.39, 0.29) is 12.0 Å². The Hall–Kier alpha value is -10.2. The quantitative estimate of drug-likeness (QED) is 0.136. The zero-order chi connectivity index (χ0) is 54.1. The summed E-state index contributed by atoms with van der Waals surface area (Å²) in [6, 6.07) is 101. The molecule has 0 bridgehead atoms. The molecule has 3 unspecified atom stereocenters. The number of benzene rings is 11. The van der Waals surface area contributed by atoms with Crippen LogP contribution in [0.3, 0.4) is 0 Å². The van der Waals surface area contributed by atoms with Crippen molar-refractivity contribution in [2.24, 2.45) is 0 Å². The Balaban J connectivity index is 0.909. The maximum absolute atomic E-state index is 6.79. The minimum absolute atomic E-state index is 0.00825. The van der Waals surface area contributed by atoms with E-state index in [1.807, 2.05) is 0 Å². The van der Waals surface area contributed by atoms with Crippen LogP contribution in [0.4, 0.5) is 28.4 Å². The van der Waals surface area contributed by atoms with Gasteiger partial charge in [0.15, 0.2) is 0 Å². The highest BCUT2D eigenvalue weighted by Gasteiger charge is 2.54. The molecule has 11 aromatic rings. The SMILES string of the molecule is C1=CC2Oc3cc4c(cc3C2C=C1)C1(C2=C(C=C(N(c3ccc(-c5ccccc5)cc3)c3ccc(-c5ccccc5)cc3)CC2)c2cc(N(c3ccc(-c5ccccc5)cc3)c3ccc(-c5ccccc5)cc3)ccc21)c1ccccc1-4. The molecule has 1 heterocycles. The largest absolute Gasteiger partial charge is 0.485 e. The highest BCUT2D eigenvalue weighted by molar-refractivity contribution is 6.00. The molecular weight excluding hydrogens is 993 g/mol. The maximum atomic E-state index is 6.79. The van der Waals surface area contributed by atoms with Crippen LogP contribution >= 0.6 is 0 Å². The van der Waals surface area contributed by atoms with Crippen molar-refractivity contribution >= 4 is 34.0 Å². The van der Waals surface area contributed by atoms with Crippen molar-refractivity contribution < 1.29 is 4.74 Å². The molecule has 3 heteroatoms. The molecule has 388 valence electrons. The second kappa shape index (κ2) is 19.5. The lowest BCUT2D eigenvalue weighted by molar-refractivity contribution is 0.269. The van der Waals surface area contributed by atoms with Gasteiger partial charge in [-0.2, -0.15) is 0 Å². The second-order valence-electron chi connectivity index (χ2n) is 22.2. The number of fused-ring (bicyclic) bond motifs is 12. The molecule has 0 fully saturated rings. The Kier molecular flexibility index (Phi) is 11.4. The summed E-state index contributed by atoms with van der Waals surface area (Å²) in [5.41, 5.74) is 27.7. The molecule has 16 rings (SSSR count). The first-order valence-electron chi connectivity index (χ1n) is 28.8. The third-order valence-corrected chi connectivity index (χ3v) is 17.8. The number of nitrogens with zero attached hydrogens (tertiary/aromatic N) is 2. The molecule has 1 spiro atoms. The molecule has 5 aliphatic rings. The Morgan fingerprint density at radius 1 is 0.341 bits per heavy atom. The van der Waals surface area contributed by atoms with E-state index in [0.29, 0.717) is 0 Å². The molecule has 3 atom stereocenters. The van der Waals surface area contributed by atoms with Gasteiger partial charge in [-0.15, -0.1) is 0 Å². The first-order chi connectivity index (χ1) is 40.6. The van der Waals surface area contributed by atoms with Gasteiger partial charge in [0, 0.05) is 45.6 Å². The Morgan fingerprint density at radius 2 is 0.780 bits per heavy atom. The zero-order valence-electron chi connectivity index (χ0n) is 45.2. The number of rotatable bonds is 10. The van der Waals surface area contributed by atoms with Crippen LogP contribution < -0.4 is 14.5 Å². The number of hydrogen-bond acceptors (Lipinski definition) is 3. The summed E-state index contributed by atoms with van der Waals surface area (Å²) in [5.74, 6) is 1.15. The van der Waals surface area contributed by atoms with Gasteiger partial charge >= 0.3 is 0 Å². The van der Waals surface area contributed by atoms with Crippen molar-refractivity contribution in [2.75, 3.05) is 9.80 Å². The number of ether oxygens (including phenoxy) is 1. The Morgan fingerprint density at radius 3 is 1.30 bits per heavy atom. The zero-order valence-corrected chi connectivity index (χ0v) is 45.2. The first kappa shape index (κ1) is 47.8. The van der Waals surface area contributed by atoms with E-state index in [9.17, 15) is 0 Å². The molecule has 0 radical (unpaired) electrons. The van der Waals surface area contributed by atoms with Crippen LogP contribution in [-0.2, 0) is 5.41 Å². The van der Waals surface area contributed by atoms with Gasteiger partial charge in [-0.25, -0.2) is 0 Å². The van der Waals surface area contributed by atoms with Crippen LogP contribution in [0.25, 0.3) is 61.2 Å². The highest BCUT2D eigenvalue weighted by Crippen LogP contribution is 2.66. The predicted molar refractivity (Wildman–Crippen MR) is 339 cm³/mol. The van der Waals surface area contributed by atoms with Gasteiger partial charge in [0.2, 0.25) is 0 Å². The van der Waals surface area contributed by atoms with Crippen molar-refractivity contribution in [3.63, 3.8) is 0 Å². The van der Waals surface area contributed by atoms with Gasteiger partial charge in [0.05, 0.1) is 5.41 Å². The average molecular weight is 1050 g/mol. The third kappa shape index (κ3) is 7.80. The van der Waals surface area contributed by atoms with E-state index in [2.05, 4.69) is 313 Å². The van der Waals surface area contributed by atoms with Crippen molar-refractivity contribution in [1.29, 1.82) is 0 Å². The number of anilines is 5. The summed E-state index contributed by atoms with van der Waals surface area (Å²) in [7, 11) is 0. The fourth-order valence-corrected chi connectivity index (χ4v) is 14.0. The van der Waals surface area contributed by atoms with Crippen LogP contribution in [0, 0.1) is 0 Å². The normalized spacial score (nSPS) is 17.5. The topological polar surface area (TPSA) is 15.7 Å². The van der Waals surface area contributed by atoms with Crippen molar-refractivity contribution in [1.82, 2.24) is 0 Å². The van der Waals surface area contributed by atoms with E-state index in [1.54, 1.807) is 0 Å². The van der Waals surface area contributed by atoms with Crippen molar-refractivity contribution in [3.05, 3.63) is 342 Å². The number of allylic oxidation sites excluding steroid dienone is 6. The highest BCUT2D eigenvalue weighted by atomic mass is 16.5. The van der Waals surface area contributed by atoms with Gasteiger partial charge in [-0.1, -0.05) is 218 Å². The summed E-state index contributed by atoms with van der Waals surface area (Å²) in [6.45, 7) is 0. The lowest BCUT2D eigenvalue weighted by Crippen LogP contribution is -2.29. The lowest BCUT2D eigenvalue weighted by Gasteiger charge is -2.36.